The molecule has 0 heterocycles. The smallest absolute Gasteiger partial charge is 0.416 e. The fourth-order valence-electron chi connectivity index (χ4n) is 2.31. The van der Waals surface area contributed by atoms with Crippen molar-refractivity contribution in [3.63, 3.8) is 0 Å². The second-order valence-electron chi connectivity index (χ2n) is 5.22. The Kier molecular flexibility index (Phi) is 5.71. The lowest BCUT2D eigenvalue weighted by molar-refractivity contribution is -0.137. The van der Waals surface area contributed by atoms with Gasteiger partial charge in [0.25, 0.3) is 0 Å². The van der Waals surface area contributed by atoms with Gasteiger partial charge in [-0.2, -0.15) is 13.2 Å². The molecule has 0 radical (unpaired) electrons. The highest BCUT2D eigenvalue weighted by molar-refractivity contribution is 6.41. The molecule has 0 saturated heterocycles. The molecule has 0 aromatic heterocycles. The number of methoxy groups -OCH3 is 1. The van der Waals surface area contributed by atoms with E-state index in [1.807, 2.05) is 0 Å². The molecule has 0 saturated carbocycles. The van der Waals surface area contributed by atoms with E-state index in [9.17, 15) is 28.2 Å². The van der Waals surface area contributed by atoms with E-state index in [1.165, 1.54) is 25.3 Å². The molecule has 0 unspecified atom stereocenters. The fourth-order valence-corrected chi connectivity index (χ4v) is 2.31. The van der Waals surface area contributed by atoms with Crippen molar-refractivity contribution < 1.29 is 32.9 Å². The van der Waals surface area contributed by atoms with Gasteiger partial charge in [-0.3, -0.25) is 4.79 Å². The second kappa shape index (κ2) is 7.77. The Morgan fingerprint density at radius 1 is 0.962 bits per heavy atom. The van der Waals surface area contributed by atoms with Gasteiger partial charge in [-0.05, 0) is 35.4 Å². The number of carbonyl (C=O) groups is 1. The average Bonchev–Trinajstić information content (AvgIpc) is 2.63. The van der Waals surface area contributed by atoms with Crippen LogP contribution < -0.4 is 4.74 Å². The van der Waals surface area contributed by atoms with Gasteiger partial charge >= 0.3 is 6.18 Å². The molecule has 2 aromatic carbocycles. The van der Waals surface area contributed by atoms with Gasteiger partial charge in [0.15, 0.2) is 5.78 Å². The SMILES string of the molecule is COc1ccc(C(=CO)C(=O)C(=CO)c2cccc(C(F)(F)F)c2)cc1. The summed E-state index contributed by atoms with van der Waals surface area (Å²) in [5.41, 5.74) is -1.34. The normalized spacial score (nSPS) is 12.8. The van der Waals surface area contributed by atoms with Crippen LogP contribution in [0.1, 0.15) is 16.7 Å². The third kappa shape index (κ3) is 4.05. The molecule has 4 nitrogen and oxygen atoms in total. The van der Waals surface area contributed by atoms with Crippen LogP contribution in [0.4, 0.5) is 13.2 Å². The van der Waals surface area contributed by atoms with E-state index in [2.05, 4.69) is 0 Å². The first-order valence-corrected chi connectivity index (χ1v) is 7.37. The van der Waals surface area contributed by atoms with Crippen LogP contribution in [0.2, 0.25) is 0 Å². The minimum absolute atomic E-state index is 0.125. The lowest BCUT2D eigenvalue weighted by Gasteiger charge is -2.12. The summed E-state index contributed by atoms with van der Waals surface area (Å²) in [6.07, 6.45) is -3.63. The molecular formula is C19H15F3O4. The number of aliphatic hydroxyl groups is 2. The quantitative estimate of drug-likeness (QED) is 0.592. The number of ether oxygens (including phenoxy) is 1. The minimum Gasteiger partial charge on any atom is -0.515 e. The molecule has 0 aliphatic carbocycles. The molecule has 2 aromatic rings. The molecule has 26 heavy (non-hydrogen) atoms. The van der Waals surface area contributed by atoms with Crippen molar-refractivity contribution in [2.24, 2.45) is 0 Å². The molecule has 0 spiro atoms. The van der Waals surface area contributed by atoms with Crippen LogP contribution in [0.15, 0.2) is 61.1 Å². The zero-order valence-corrected chi connectivity index (χ0v) is 13.6. The third-order valence-electron chi connectivity index (χ3n) is 3.65. The van der Waals surface area contributed by atoms with Gasteiger partial charge in [-0.15, -0.1) is 0 Å². The molecule has 2 N–H and O–H groups in total. The average molecular weight is 364 g/mol. The van der Waals surface area contributed by atoms with E-state index in [4.69, 9.17) is 4.74 Å². The summed E-state index contributed by atoms with van der Waals surface area (Å²) in [4.78, 5) is 12.7. The number of carbonyl (C=O) groups excluding carboxylic acids is 1. The van der Waals surface area contributed by atoms with Crippen LogP contribution in [-0.2, 0) is 11.0 Å². The molecule has 136 valence electrons. The first-order valence-electron chi connectivity index (χ1n) is 7.37. The predicted octanol–water partition coefficient (Wildman–Crippen LogP) is 4.78. The Morgan fingerprint density at radius 2 is 1.54 bits per heavy atom. The first kappa shape index (κ1) is 19.1. The van der Waals surface area contributed by atoms with Crippen LogP contribution in [0.5, 0.6) is 5.75 Å². The van der Waals surface area contributed by atoms with E-state index in [0.717, 1.165) is 18.2 Å². The molecule has 0 amide bonds. The van der Waals surface area contributed by atoms with E-state index in [0.29, 0.717) is 23.8 Å². The molecule has 0 fully saturated rings. The number of rotatable bonds is 5. The number of hydrogen-bond acceptors (Lipinski definition) is 4. The summed E-state index contributed by atoms with van der Waals surface area (Å²) in [5, 5.41) is 18.9. The largest absolute Gasteiger partial charge is 0.515 e. The Morgan fingerprint density at radius 3 is 2.04 bits per heavy atom. The molecule has 0 bridgehead atoms. The van der Waals surface area contributed by atoms with Gasteiger partial charge in [-0.1, -0.05) is 24.3 Å². The van der Waals surface area contributed by atoms with Crippen molar-refractivity contribution in [1.82, 2.24) is 0 Å². The number of Topliss-reactive ketones (excluding diaryl/α,β-unsaturated/α-hetero) is 1. The zero-order chi connectivity index (χ0) is 19.3. The summed E-state index contributed by atoms with van der Waals surface area (Å²) >= 11 is 0. The Bertz CT molecular complexity index is 850. The number of halogens is 3. The van der Waals surface area contributed by atoms with E-state index >= 15 is 0 Å². The van der Waals surface area contributed by atoms with Crippen molar-refractivity contribution in [2.75, 3.05) is 7.11 Å². The monoisotopic (exact) mass is 364 g/mol. The van der Waals surface area contributed by atoms with Crippen molar-refractivity contribution in [3.05, 3.63) is 77.7 Å². The molecule has 0 aliphatic rings. The van der Waals surface area contributed by atoms with E-state index < -0.39 is 17.5 Å². The second-order valence-corrected chi connectivity index (χ2v) is 5.22. The number of allylic oxidation sites excluding steroid dienone is 2. The van der Waals surface area contributed by atoms with E-state index in [-0.39, 0.29) is 16.7 Å². The molecular weight excluding hydrogens is 349 g/mol. The highest BCUT2D eigenvalue weighted by atomic mass is 19.4. The fraction of sp³-hybridized carbons (Fsp3) is 0.105. The maximum absolute atomic E-state index is 12.9. The van der Waals surface area contributed by atoms with Crippen LogP contribution >= 0.6 is 0 Å². The van der Waals surface area contributed by atoms with Crippen LogP contribution in [-0.4, -0.2) is 23.1 Å². The van der Waals surface area contributed by atoms with Crippen LogP contribution in [0.3, 0.4) is 0 Å². The van der Waals surface area contributed by atoms with Crippen molar-refractivity contribution >= 4 is 16.9 Å². The van der Waals surface area contributed by atoms with Crippen LogP contribution in [0, 0.1) is 0 Å². The van der Waals surface area contributed by atoms with Gasteiger partial charge in [0, 0.05) is 0 Å². The number of aliphatic hydroxyl groups excluding tert-OH is 2. The molecule has 2 rings (SSSR count). The van der Waals surface area contributed by atoms with Crippen molar-refractivity contribution in [1.29, 1.82) is 0 Å². The molecule has 7 heteroatoms. The standard InChI is InChI=1S/C19H15F3O4/c1-26-15-7-5-12(6-8-15)16(10-23)18(25)17(11-24)13-3-2-4-14(9-13)19(20,21)22/h2-11,23-24H,1H3. The number of alkyl halides is 3. The predicted molar refractivity (Wildman–Crippen MR) is 90.7 cm³/mol. The first-order chi connectivity index (χ1) is 12.3. The lowest BCUT2D eigenvalue weighted by atomic mass is 9.93. The minimum atomic E-state index is -4.59. The number of hydrogen-bond donors (Lipinski definition) is 2. The Labute approximate surface area is 147 Å². The number of benzene rings is 2. The Hall–Kier alpha value is -3.22. The zero-order valence-electron chi connectivity index (χ0n) is 13.6. The van der Waals surface area contributed by atoms with Gasteiger partial charge in [0.05, 0.1) is 36.3 Å². The highest BCUT2D eigenvalue weighted by Crippen LogP contribution is 2.32. The highest BCUT2D eigenvalue weighted by Gasteiger charge is 2.31. The van der Waals surface area contributed by atoms with Crippen molar-refractivity contribution in [2.45, 2.75) is 6.18 Å². The summed E-state index contributed by atoms with van der Waals surface area (Å²) in [7, 11) is 1.46. The van der Waals surface area contributed by atoms with Gasteiger partial charge < -0.3 is 14.9 Å². The summed E-state index contributed by atoms with van der Waals surface area (Å²) in [6.45, 7) is 0. The maximum atomic E-state index is 12.9. The summed E-state index contributed by atoms with van der Waals surface area (Å²) in [6, 6.07) is 10.1. The lowest BCUT2D eigenvalue weighted by Crippen LogP contribution is -2.09. The Balaban J connectivity index is 2.41. The van der Waals surface area contributed by atoms with E-state index in [1.54, 1.807) is 12.1 Å². The number of ketones is 1. The molecule has 0 aliphatic heterocycles. The van der Waals surface area contributed by atoms with Gasteiger partial charge in [-0.25, -0.2) is 0 Å². The van der Waals surface area contributed by atoms with Gasteiger partial charge in [0.2, 0.25) is 0 Å². The van der Waals surface area contributed by atoms with Gasteiger partial charge in [0.1, 0.15) is 5.75 Å². The third-order valence-corrected chi connectivity index (χ3v) is 3.65. The summed E-state index contributed by atoms with van der Waals surface area (Å²) < 4.78 is 43.6. The van der Waals surface area contributed by atoms with Crippen LogP contribution in [0.25, 0.3) is 11.1 Å². The topological polar surface area (TPSA) is 66.8 Å². The van der Waals surface area contributed by atoms with Crippen molar-refractivity contribution in [3.8, 4) is 5.75 Å². The summed E-state index contributed by atoms with van der Waals surface area (Å²) in [5.74, 6) is -0.311. The molecule has 0 atom stereocenters. The maximum Gasteiger partial charge on any atom is 0.416 e.